The quantitative estimate of drug-likeness (QED) is 0.666. The highest BCUT2D eigenvalue weighted by Crippen LogP contribution is 2.40. The number of rotatable bonds is 4. The third kappa shape index (κ3) is 1.79. The molecule has 0 saturated carbocycles. The van der Waals surface area contributed by atoms with Crippen LogP contribution in [-0.2, 0) is 0 Å². The Kier molecular flexibility index (Phi) is 3.14. The summed E-state index contributed by atoms with van der Waals surface area (Å²) in [6.07, 6.45) is 2.07. The van der Waals surface area contributed by atoms with Crippen molar-refractivity contribution in [3.05, 3.63) is 12.7 Å². The van der Waals surface area contributed by atoms with Gasteiger partial charge in [-0.15, -0.1) is 6.58 Å². The molecule has 1 N–H and O–H groups in total. The molecule has 0 aromatic rings. The van der Waals surface area contributed by atoms with Crippen molar-refractivity contribution >= 4 is 0 Å². The van der Waals surface area contributed by atoms with Gasteiger partial charge in [0.2, 0.25) is 0 Å². The maximum Gasteiger partial charge on any atom is 0.0483 e. The molecule has 13 heavy (non-hydrogen) atoms. The summed E-state index contributed by atoms with van der Waals surface area (Å²) in [6, 6.07) is 0. The van der Waals surface area contributed by atoms with Gasteiger partial charge < -0.3 is 5.32 Å². The van der Waals surface area contributed by atoms with Gasteiger partial charge in [0.25, 0.3) is 0 Å². The molecule has 2 nitrogen and oxygen atoms in total. The van der Waals surface area contributed by atoms with Crippen molar-refractivity contribution in [1.29, 1.82) is 0 Å². The summed E-state index contributed by atoms with van der Waals surface area (Å²) < 4.78 is 0. The number of likely N-dealkylation sites (tertiary alicyclic amines) is 1. The zero-order valence-electron chi connectivity index (χ0n) is 9.30. The van der Waals surface area contributed by atoms with Crippen molar-refractivity contribution in [3.63, 3.8) is 0 Å². The summed E-state index contributed by atoms with van der Waals surface area (Å²) in [5, 5.41) is 3.20. The van der Waals surface area contributed by atoms with Crippen LogP contribution in [0.1, 0.15) is 20.8 Å². The van der Waals surface area contributed by atoms with Gasteiger partial charge in [-0.05, 0) is 32.7 Å². The molecule has 1 saturated heterocycles. The van der Waals surface area contributed by atoms with Crippen molar-refractivity contribution in [3.8, 4) is 0 Å². The van der Waals surface area contributed by atoms with Gasteiger partial charge in [-0.25, -0.2) is 0 Å². The summed E-state index contributed by atoms with van der Waals surface area (Å²) in [5.74, 6) is 1.39. The minimum absolute atomic E-state index is 0.330. The maximum atomic E-state index is 3.87. The summed E-state index contributed by atoms with van der Waals surface area (Å²) in [5.41, 5.74) is 0.330. The highest BCUT2D eigenvalue weighted by molar-refractivity contribution is 5.04. The summed E-state index contributed by atoms with van der Waals surface area (Å²) in [4.78, 5) is 2.47. The highest BCUT2D eigenvalue weighted by atomic mass is 15.3. The Balaban J connectivity index is 2.53. The molecule has 0 amide bonds. The minimum atomic E-state index is 0.330. The molecule has 0 spiro atoms. The first-order valence-corrected chi connectivity index (χ1v) is 5.06. The molecule has 1 rings (SSSR count). The first kappa shape index (κ1) is 10.7. The molecule has 76 valence electrons. The second-order valence-electron chi connectivity index (χ2n) is 4.59. The maximum absolute atomic E-state index is 3.87. The van der Waals surface area contributed by atoms with Crippen LogP contribution in [0, 0.1) is 11.8 Å². The molecule has 0 bridgehead atoms. The Labute approximate surface area is 82.0 Å². The lowest BCUT2D eigenvalue weighted by atomic mass is 9.70. The van der Waals surface area contributed by atoms with Gasteiger partial charge in [0.15, 0.2) is 0 Å². The number of hydrogen-bond acceptors (Lipinski definition) is 2. The normalized spacial score (nSPS) is 29.4. The first-order valence-electron chi connectivity index (χ1n) is 5.06. The Morgan fingerprint density at radius 3 is 2.69 bits per heavy atom. The van der Waals surface area contributed by atoms with Crippen LogP contribution in [0.3, 0.4) is 0 Å². The Bertz CT molecular complexity index is 187. The summed E-state index contributed by atoms with van der Waals surface area (Å²) in [6.45, 7) is 13.0. The molecular weight excluding hydrogens is 160 g/mol. The monoisotopic (exact) mass is 182 g/mol. The van der Waals surface area contributed by atoms with Crippen molar-refractivity contribution in [2.24, 2.45) is 11.8 Å². The van der Waals surface area contributed by atoms with E-state index in [1.54, 1.807) is 0 Å². The van der Waals surface area contributed by atoms with Crippen molar-refractivity contribution in [2.75, 3.05) is 20.3 Å². The molecule has 0 aliphatic carbocycles. The van der Waals surface area contributed by atoms with Gasteiger partial charge >= 0.3 is 0 Å². The molecule has 0 aromatic heterocycles. The first-order chi connectivity index (χ1) is 6.04. The topological polar surface area (TPSA) is 15.3 Å². The van der Waals surface area contributed by atoms with E-state index in [9.17, 15) is 0 Å². The van der Waals surface area contributed by atoms with E-state index in [2.05, 4.69) is 43.6 Å². The third-order valence-electron chi connectivity index (χ3n) is 3.49. The van der Waals surface area contributed by atoms with Crippen molar-refractivity contribution in [1.82, 2.24) is 10.2 Å². The zero-order chi connectivity index (χ0) is 10.1. The molecule has 1 aliphatic heterocycles. The minimum Gasteiger partial charge on any atom is -0.307 e. The van der Waals surface area contributed by atoms with Crippen LogP contribution >= 0.6 is 0 Å². The SMILES string of the molecule is C=CC(C)C1CN(CNC)C1(C)C. The van der Waals surface area contributed by atoms with E-state index in [0.29, 0.717) is 11.5 Å². The lowest BCUT2D eigenvalue weighted by Gasteiger charge is -2.57. The lowest BCUT2D eigenvalue weighted by molar-refractivity contribution is -0.0761. The smallest absolute Gasteiger partial charge is 0.0483 e. The second kappa shape index (κ2) is 3.81. The van der Waals surface area contributed by atoms with E-state index in [1.165, 1.54) is 6.54 Å². The molecule has 1 heterocycles. The van der Waals surface area contributed by atoms with E-state index >= 15 is 0 Å². The Morgan fingerprint density at radius 1 is 1.69 bits per heavy atom. The predicted octanol–water partition coefficient (Wildman–Crippen LogP) is 1.70. The molecule has 2 unspecified atom stereocenters. The zero-order valence-corrected chi connectivity index (χ0v) is 9.30. The average molecular weight is 182 g/mol. The van der Waals surface area contributed by atoms with E-state index < -0.39 is 0 Å². The Hall–Kier alpha value is -0.340. The van der Waals surface area contributed by atoms with E-state index in [-0.39, 0.29) is 0 Å². The van der Waals surface area contributed by atoms with E-state index in [1.807, 2.05) is 7.05 Å². The molecular formula is C11H22N2. The van der Waals surface area contributed by atoms with Gasteiger partial charge in [0, 0.05) is 18.8 Å². The van der Waals surface area contributed by atoms with E-state index in [4.69, 9.17) is 0 Å². The van der Waals surface area contributed by atoms with Crippen molar-refractivity contribution < 1.29 is 0 Å². The highest BCUT2D eigenvalue weighted by Gasteiger charge is 2.47. The third-order valence-corrected chi connectivity index (χ3v) is 3.49. The molecule has 1 aliphatic rings. The van der Waals surface area contributed by atoms with Crippen LogP contribution in [0.25, 0.3) is 0 Å². The molecule has 0 radical (unpaired) electrons. The standard InChI is InChI=1S/C11H22N2/c1-6-9(2)10-7-13(8-12-5)11(10,3)4/h6,9-10,12H,1,7-8H2,2-5H3. The number of nitrogens with one attached hydrogen (secondary N) is 1. The fourth-order valence-electron chi connectivity index (χ4n) is 2.25. The lowest BCUT2D eigenvalue weighted by Crippen LogP contribution is -2.66. The fourth-order valence-corrected chi connectivity index (χ4v) is 2.25. The van der Waals surface area contributed by atoms with Crippen LogP contribution in [0.4, 0.5) is 0 Å². The largest absolute Gasteiger partial charge is 0.307 e. The van der Waals surface area contributed by atoms with Crippen molar-refractivity contribution in [2.45, 2.75) is 26.3 Å². The number of nitrogens with zero attached hydrogens (tertiary/aromatic N) is 1. The average Bonchev–Trinajstić information content (AvgIpc) is 2.10. The van der Waals surface area contributed by atoms with Gasteiger partial charge in [0.05, 0.1) is 0 Å². The number of hydrogen-bond donors (Lipinski definition) is 1. The van der Waals surface area contributed by atoms with Crippen LogP contribution in [0.5, 0.6) is 0 Å². The number of allylic oxidation sites excluding steroid dienone is 1. The molecule has 2 heteroatoms. The summed E-state index contributed by atoms with van der Waals surface area (Å²) in [7, 11) is 2.00. The Morgan fingerprint density at radius 2 is 2.31 bits per heavy atom. The fraction of sp³-hybridized carbons (Fsp3) is 0.818. The predicted molar refractivity (Wildman–Crippen MR) is 57.6 cm³/mol. The van der Waals surface area contributed by atoms with Gasteiger partial charge in [0.1, 0.15) is 0 Å². The van der Waals surface area contributed by atoms with Crippen LogP contribution < -0.4 is 5.32 Å². The van der Waals surface area contributed by atoms with Gasteiger partial charge in [-0.3, -0.25) is 4.90 Å². The molecule has 1 fully saturated rings. The van der Waals surface area contributed by atoms with Crippen LogP contribution in [-0.4, -0.2) is 30.7 Å². The second-order valence-corrected chi connectivity index (χ2v) is 4.59. The van der Waals surface area contributed by atoms with Crippen LogP contribution in [0.15, 0.2) is 12.7 Å². The van der Waals surface area contributed by atoms with Crippen LogP contribution in [0.2, 0.25) is 0 Å². The molecule has 2 atom stereocenters. The summed E-state index contributed by atoms with van der Waals surface area (Å²) >= 11 is 0. The van der Waals surface area contributed by atoms with Gasteiger partial charge in [-0.1, -0.05) is 13.0 Å². The van der Waals surface area contributed by atoms with E-state index in [0.717, 1.165) is 12.6 Å². The van der Waals surface area contributed by atoms with Gasteiger partial charge in [-0.2, -0.15) is 0 Å². The molecule has 0 aromatic carbocycles.